The number of carboxylic acid groups (broad SMARTS) is 1. The Morgan fingerprint density at radius 3 is 2.10 bits per heavy atom. The number of aryl methyl sites for hydroxylation is 1. The maximum Gasteiger partial charge on any atom is 0.324 e. The van der Waals surface area contributed by atoms with Crippen LogP contribution in [0.25, 0.3) is 38.5 Å². The third-order valence-electron chi connectivity index (χ3n) is 10.6. The molecule has 7 rings (SSSR count). The number of allylic oxidation sites excluding steroid dienone is 6. The Morgan fingerprint density at radius 1 is 0.845 bits per heavy atom. The molecule has 1 atom stereocenters. The van der Waals surface area contributed by atoms with Gasteiger partial charge >= 0.3 is 22.1 Å². The molecule has 1 aliphatic heterocycles. The number of aliphatic carboxylic acids is 1. The van der Waals surface area contributed by atoms with E-state index in [1.54, 1.807) is 74.6 Å². The minimum Gasteiger partial charge on any atom is -0.744 e. The highest BCUT2D eigenvalue weighted by atomic mass is 32.2. The molecule has 0 saturated carbocycles. The van der Waals surface area contributed by atoms with E-state index in [1.807, 2.05) is 11.5 Å². The highest BCUT2D eigenvalue weighted by Gasteiger charge is 2.50. The van der Waals surface area contributed by atoms with E-state index < -0.39 is 57.5 Å². The monoisotopic (exact) mass is 848 g/mol. The number of ether oxygens (including phenoxy) is 1. The summed E-state index contributed by atoms with van der Waals surface area (Å²) < 4.78 is 116. The smallest absolute Gasteiger partial charge is 0.324 e. The highest BCUT2D eigenvalue weighted by molar-refractivity contribution is 7.87. The van der Waals surface area contributed by atoms with Crippen LogP contribution in [-0.4, -0.2) is 84.0 Å². The summed E-state index contributed by atoms with van der Waals surface area (Å²) >= 11 is 0. The number of hydrogen-bond donors (Lipinski definition) is 3. The van der Waals surface area contributed by atoms with Crippen LogP contribution >= 0.6 is 0 Å². The summed E-state index contributed by atoms with van der Waals surface area (Å²) in [5.41, 5.74) is 0.0719. The predicted octanol–water partition coefficient (Wildman–Crippen LogP) is 4.87. The van der Waals surface area contributed by atoms with E-state index in [2.05, 4.69) is 0 Å². The molecule has 0 bridgehead atoms. The second-order valence-electron chi connectivity index (χ2n) is 13.8. The minimum absolute atomic E-state index is 0.00310. The number of carbonyl (C=O) groups excluding carboxylic acids is 1. The molecule has 2 heterocycles. The van der Waals surface area contributed by atoms with Crippen LogP contribution in [0, 0.1) is 5.41 Å². The van der Waals surface area contributed by atoms with Gasteiger partial charge in [-0.2, -0.15) is 21.4 Å². The average Bonchev–Trinajstić information content (AvgIpc) is 3.64. The van der Waals surface area contributed by atoms with Crippen LogP contribution in [0.15, 0.2) is 105 Å². The average molecular weight is 849 g/mol. The molecule has 302 valence electrons. The lowest BCUT2D eigenvalue weighted by Crippen LogP contribution is -2.42. The number of esters is 1. The van der Waals surface area contributed by atoms with E-state index in [9.17, 15) is 53.6 Å². The maximum atomic E-state index is 13.5. The van der Waals surface area contributed by atoms with Gasteiger partial charge in [0.2, 0.25) is 11.4 Å². The van der Waals surface area contributed by atoms with Crippen molar-refractivity contribution in [3.8, 4) is 0 Å². The molecule has 5 aromatic rings. The molecule has 58 heavy (non-hydrogen) atoms. The van der Waals surface area contributed by atoms with E-state index in [1.165, 1.54) is 22.8 Å². The van der Waals surface area contributed by atoms with Crippen LogP contribution in [0.2, 0.25) is 0 Å². The van der Waals surface area contributed by atoms with Gasteiger partial charge in [0.1, 0.15) is 21.6 Å². The summed E-state index contributed by atoms with van der Waals surface area (Å²) in [5.74, 6) is -2.39. The Balaban J connectivity index is 1.44. The zero-order valence-electron chi connectivity index (χ0n) is 31.2. The molecular weight excluding hydrogens is 813 g/mol. The lowest BCUT2D eigenvalue weighted by Gasteiger charge is -2.31. The van der Waals surface area contributed by atoms with E-state index in [0.29, 0.717) is 56.7 Å². The number of hydrogen-bond acceptors (Lipinski definition) is 10. The van der Waals surface area contributed by atoms with Crippen LogP contribution in [0.5, 0.6) is 0 Å². The van der Waals surface area contributed by atoms with Gasteiger partial charge in [-0.15, -0.1) is 0 Å². The highest BCUT2D eigenvalue weighted by Crippen LogP contribution is 2.45. The second kappa shape index (κ2) is 14.4. The third kappa shape index (κ3) is 6.64. The number of rotatable bonds is 11. The molecule has 1 aromatic heterocycles. The molecule has 0 fully saturated rings. The van der Waals surface area contributed by atoms with Crippen molar-refractivity contribution in [3.05, 3.63) is 101 Å². The number of carboxylic acids is 1. The number of aromatic nitrogens is 1. The van der Waals surface area contributed by atoms with Gasteiger partial charge in [0, 0.05) is 45.0 Å². The summed E-state index contributed by atoms with van der Waals surface area (Å²) in [6.07, 6.45) is 7.65. The van der Waals surface area contributed by atoms with Crippen molar-refractivity contribution < 1.29 is 62.9 Å². The molecule has 0 amide bonds. The normalized spacial score (nSPS) is 18.7. The van der Waals surface area contributed by atoms with Gasteiger partial charge in [-0.05, 0) is 75.1 Å². The second-order valence-corrected chi connectivity index (χ2v) is 18.0. The lowest BCUT2D eigenvalue weighted by atomic mass is 9.72. The first-order valence-electron chi connectivity index (χ1n) is 18.0. The number of nitrogens with zero attached hydrogens (tertiary/aromatic N) is 2. The topological polar surface area (TPSA) is 237 Å². The molecule has 0 radical (unpaired) electrons. The Morgan fingerprint density at radius 2 is 1.50 bits per heavy atom. The van der Waals surface area contributed by atoms with Crippen molar-refractivity contribution in [1.82, 2.24) is 4.57 Å². The first-order valence-corrected chi connectivity index (χ1v) is 22.2. The molecule has 18 heteroatoms. The predicted molar refractivity (Wildman–Crippen MR) is 212 cm³/mol. The molecule has 0 saturated heterocycles. The van der Waals surface area contributed by atoms with Crippen LogP contribution in [0.4, 0.5) is 5.69 Å². The van der Waals surface area contributed by atoms with Crippen molar-refractivity contribution in [3.63, 3.8) is 0 Å². The Hall–Kier alpha value is -5.50. The lowest BCUT2D eigenvalue weighted by molar-refractivity contribution is -0.433. The standard InChI is InChI=1S/C40H36N2O13S3/c1-4-41-29(25-9-7-11-27-32(56(46,47)48)18-17-31(41)35(25)27)15-13-23-19-24(22-40(21-23,38(43)44)39(45)55-6-3)14-16-30-26-10-8-12-28-33(57(49,50)51)20-34(58(52,53)54)37(36(26)28)42(30)5-2/h7-20H,4-6,21-22H2,1-3H3,(H3-,43,44,46,47,48,49,50,51,52,53,54). The largest absolute Gasteiger partial charge is 0.744 e. The van der Waals surface area contributed by atoms with Crippen LogP contribution in [0.3, 0.4) is 0 Å². The van der Waals surface area contributed by atoms with Gasteiger partial charge in [-0.3, -0.25) is 18.7 Å². The molecule has 0 spiro atoms. The summed E-state index contributed by atoms with van der Waals surface area (Å²) in [6.45, 7) is 5.62. The van der Waals surface area contributed by atoms with Gasteiger partial charge < -0.3 is 19.0 Å². The van der Waals surface area contributed by atoms with Crippen molar-refractivity contribution >= 4 is 92.2 Å². The van der Waals surface area contributed by atoms with Crippen LogP contribution in [0.1, 0.15) is 39.2 Å². The molecule has 3 N–H and O–H groups in total. The fourth-order valence-electron chi connectivity index (χ4n) is 8.22. The third-order valence-corrected chi connectivity index (χ3v) is 13.2. The minimum atomic E-state index is -5.03. The van der Waals surface area contributed by atoms with Gasteiger partial charge in [0.05, 0.1) is 22.5 Å². The van der Waals surface area contributed by atoms with Gasteiger partial charge in [0.15, 0.2) is 10.3 Å². The molecule has 2 aliphatic rings. The fraction of sp³-hybridized carbons (Fsp3) is 0.225. The molecule has 15 nitrogen and oxygen atoms in total. The van der Waals surface area contributed by atoms with Gasteiger partial charge in [0.25, 0.3) is 10.1 Å². The van der Waals surface area contributed by atoms with Crippen molar-refractivity contribution in [2.75, 3.05) is 13.2 Å². The van der Waals surface area contributed by atoms with E-state index in [4.69, 9.17) is 4.74 Å². The van der Waals surface area contributed by atoms with Crippen molar-refractivity contribution in [2.24, 2.45) is 5.41 Å². The Bertz CT molecular complexity index is 3170. The molecule has 4 aromatic carbocycles. The van der Waals surface area contributed by atoms with E-state index in [0.717, 1.165) is 0 Å². The fourth-order valence-corrected chi connectivity index (χ4v) is 10.4. The maximum absolute atomic E-state index is 13.5. The number of carbonyl (C=O) groups is 2. The van der Waals surface area contributed by atoms with Crippen molar-refractivity contribution in [1.29, 1.82) is 0 Å². The Labute approximate surface area is 332 Å². The first-order chi connectivity index (χ1) is 27.3. The van der Waals surface area contributed by atoms with Crippen LogP contribution < -0.4 is 5.35 Å². The van der Waals surface area contributed by atoms with Crippen molar-refractivity contribution in [2.45, 2.75) is 54.8 Å². The molecular formula is C40H36N2O13S3. The van der Waals surface area contributed by atoms with Crippen LogP contribution in [-0.2, 0) is 51.2 Å². The van der Waals surface area contributed by atoms with E-state index in [-0.39, 0.29) is 52.7 Å². The zero-order valence-corrected chi connectivity index (χ0v) is 33.6. The molecule has 1 unspecified atom stereocenters. The van der Waals surface area contributed by atoms with Gasteiger partial charge in [-0.25, -0.2) is 8.42 Å². The van der Waals surface area contributed by atoms with E-state index >= 15 is 0 Å². The quantitative estimate of drug-likeness (QED) is 0.0697. The summed E-state index contributed by atoms with van der Waals surface area (Å²) in [5, 5.41) is 12.9. The summed E-state index contributed by atoms with van der Waals surface area (Å²) in [4.78, 5) is 24.8. The zero-order chi connectivity index (χ0) is 42.1. The SMILES string of the molecule is CCOC(=O)C1(C(=O)O)CC(=CC=c2c3cccc4c(S(=O)(=O)[O-])ccc(c43)n2CC)C=C(C=CC2=[N+](CC)c3c(S(=O)(=O)O)cc(S(=O)(=O)O)c4cccc2c34)C1. The summed E-state index contributed by atoms with van der Waals surface area (Å²) in [7, 11) is -14.8. The first kappa shape index (κ1) is 40.7. The summed E-state index contributed by atoms with van der Waals surface area (Å²) in [6, 6.07) is 13.0. The molecule has 1 aliphatic carbocycles. The Kier molecular flexibility index (Phi) is 10.1. The van der Waals surface area contributed by atoms with Gasteiger partial charge in [-0.1, -0.05) is 48.6 Å². The number of benzene rings is 4.